The molecule has 20 heavy (non-hydrogen) atoms. The Morgan fingerprint density at radius 3 is 2.80 bits per heavy atom. The quantitative estimate of drug-likeness (QED) is 0.916. The van der Waals surface area contributed by atoms with Crippen molar-refractivity contribution in [1.29, 1.82) is 0 Å². The molecule has 3 rings (SSSR count). The van der Waals surface area contributed by atoms with E-state index in [0.717, 1.165) is 55.0 Å². The van der Waals surface area contributed by atoms with Crippen LogP contribution in [0.25, 0.3) is 10.2 Å². The first-order valence-electron chi connectivity index (χ1n) is 7.05. The molecule has 0 unspecified atom stereocenters. The molecule has 1 aliphatic rings. The van der Waals surface area contributed by atoms with E-state index in [4.69, 9.17) is 0 Å². The van der Waals surface area contributed by atoms with Crippen molar-refractivity contribution in [2.75, 3.05) is 32.7 Å². The number of aromatic nitrogens is 2. The van der Waals surface area contributed by atoms with Gasteiger partial charge in [0, 0.05) is 44.1 Å². The van der Waals surface area contributed by atoms with Crippen LogP contribution in [0.15, 0.2) is 11.1 Å². The molecule has 0 bridgehead atoms. The van der Waals surface area contributed by atoms with E-state index in [0.29, 0.717) is 0 Å². The molecule has 1 aliphatic heterocycles. The maximum Gasteiger partial charge on any atom is 0.262 e. The van der Waals surface area contributed by atoms with Crippen LogP contribution in [-0.4, -0.2) is 47.2 Å². The molecular formula is C14H20N4OS. The molecule has 0 saturated carbocycles. The highest BCUT2D eigenvalue weighted by molar-refractivity contribution is 7.18. The normalized spacial score (nSPS) is 16.9. The molecule has 3 heterocycles. The van der Waals surface area contributed by atoms with E-state index in [-0.39, 0.29) is 5.56 Å². The summed E-state index contributed by atoms with van der Waals surface area (Å²) in [6.45, 7) is 9.88. The second-order valence-corrected chi connectivity index (χ2v) is 6.50. The molecule has 1 saturated heterocycles. The highest BCUT2D eigenvalue weighted by Crippen LogP contribution is 2.25. The predicted molar refractivity (Wildman–Crippen MR) is 82.7 cm³/mol. The number of thiophene rings is 1. The molecule has 2 aromatic rings. The van der Waals surface area contributed by atoms with Gasteiger partial charge in [0.1, 0.15) is 4.83 Å². The topological polar surface area (TPSA) is 50.2 Å². The minimum Gasteiger partial charge on any atom is -0.314 e. The van der Waals surface area contributed by atoms with Crippen molar-refractivity contribution in [2.45, 2.75) is 20.4 Å². The molecule has 0 radical (unpaired) electrons. The van der Waals surface area contributed by atoms with E-state index >= 15 is 0 Å². The summed E-state index contributed by atoms with van der Waals surface area (Å²) in [4.78, 5) is 21.4. The van der Waals surface area contributed by atoms with Gasteiger partial charge in [-0.1, -0.05) is 0 Å². The number of hydrogen-bond donors (Lipinski definition) is 1. The summed E-state index contributed by atoms with van der Waals surface area (Å²) in [6, 6.07) is 0. The smallest absolute Gasteiger partial charge is 0.262 e. The number of fused-ring (bicyclic) bond motifs is 1. The molecule has 0 spiro atoms. The first-order chi connectivity index (χ1) is 9.66. The minimum absolute atomic E-state index is 0.104. The highest BCUT2D eigenvalue weighted by Gasteiger charge is 2.13. The molecule has 0 atom stereocenters. The summed E-state index contributed by atoms with van der Waals surface area (Å²) < 4.78 is 1.75. The second-order valence-electron chi connectivity index (χ2n) is 5.30. The number of aryl methyl sites for hydroxylation is 2. The van der Waals surface area contributed by atoms with E-state index in [9.17, 15) is 4.79 Å². The van der Waals surface area contributed by atoms with Crippen LogP contribution >= 0.6 is 11.3 Å². The minimum atomic E-state index is 0.104. The van der Waals surface area contributed by atoms with Gasteiger partial charge in [0.2, 0.25) is 0 Å². The van der Waals surface area contributed by atoms with Crippen molar-refractivity contribution in [3.05, 3.63) is 27.1 Å². The lowest BCUT2D eigenvalue weighted by Gasteiger charge is -2.27. The van der Waals surface area contributed by atoms with Crippen LogP contribution in [0, 0.1) is 13.8 Å². The van der Waals surface area contributed by atoms with Crippen molar-refractivity contribution in [3.63, 3.8) is 0 Å². The fourth-order valence-corrected chi connectivity index (χ4v) is 3.60. The third kappa shape index (κ3) is 2.51. The fourth-order valence-electron chi connectivity index (χ4n) is 2.61. The standard InChI is InChI=1S/C14H20N4OS/c1-10-11(2)20-13-12(10)14(19)18(9-16-13)8-7-17-5-3-15-4-6-17/h9,15H,3-8H2,1-2H3. The van der Waals surface area contributed by atoms with Crippen molar-refractivity contribution in [1.82, 2.24) is 19.8 Å². The van der Waals surface area contributed by atoms with E-state index in [2.05, 4.69) is 15.2 Å². The maximum absolute atomic E-state index is 12.5. The second kappa shape index (κ2) is 5.63. The van der Waals surface area contributed by atoms with Crippen LogP contribution in [0.5, 0.6) is 0 Å². The van der Waals surface area contributed by atoms with Crippen molar-refractivity contribution < 1.29 is 0 Å². The van der Waals surface area contributed by atoms with Crippen LogP contribution in [0.3, 0.4) is 0 Å². The van der Waals surface area contributed by atoms with Crippen LogP contribution in [0.4, 0.5) is 0 Å². The van der Waals surface area contributed by atoms with Gasteiger partial charge in [-0.3, -0.25) is 14.3 Å². The lowest BCUT2D eigenvalue weighted by Crippen LogP contribution is -2.45. The zero-order chi connectivity index (χ0) is 14.1. The lowest BCUT2D eigenvalue weighted by molar-refractivity contribution is 0.231. The average molecular weight is 292 g/mol. The fraction of sp³-hybridized carbons (Fsp3) is 0.571. The number of hydrogen-bond acceptors (Lipinski definition) is 5. The summed E-state index contributed by atoms with van der Waals surface area (Å²) >= 11 is 1.60. The number of nitrogens with one attached hydrogen (secondary N) is 1. The van der Waals surface area contributed by atoms with E-state index in [1.807, 2.05) is 13.8 Å². The molecule has 0 aromatic carbocycles. The van der Waals surface area contributed by atoms with Crippen molar-refractivity contribution >= 4 is 21.6 Å². The van der Waals surface area contributed by atoms with E-state index < -0.39 is 0 Å². The zero-order valence-corrected chi connectivity index (χ0v) is 12.8. The highest BCUT2D eigenvalue weighted by atomic mass is 32.1. The van der Waals surface area contributed by atoms with Crippen LogP contribution in [-0.2, 0) is 6.54 Å². The Morgan fingerprint density at radius 1 is 1.30 bits per heavy atom. The monoisotopic (exact) mass is 292 g/mol. The Hall–Kier alpha value is -1.24. The Labute approximate surface area is 122 Å². The Bertz CT molecular complexity index is 670. The van der Waals surface area contributed by atoms with Gasteiger partial charge in [-0.2, -0.15) is 0 Å². The number of piperazine rings is 1. The summed E-state index contributed by atoms with van der Waals surface area (Å²) in [5.74, 6) is 0. The van der Waals surface area contributed by atoms with Crippen LogP contribution in [0.1, 0.15) is 10.4 Å². The molecule has 0 aliphatic carbocycles. The van der Waals surface area contributed by atoms with Crippen LogP contribution < -0.4 is 10.9 Å². The first-order valence-corrected chi connectivity index (χ1v) is 7.86. The Kier molecular flexibility index (Phi) is 3.87. The predicted octanol–water partition coefficient (Wildman–Crippen LogP) is 0.980. The lowest BCUT2D eigenvalue weighted by atomic mass is 10.2. The van der Waals surface area contributed by atoms with Gasteiger partial charge in [-0.15, -0.1) is 11.3 Å². The van der Waals surface area contributed by atoms with Crippen molar-refractivity contribution in [3.8, 4) is 0 Å². The zero-order valence-electron chi connectivity index (χ0n) is 12.0. The molecule has 1 N–H and O–H groups in total. The molecule has 2 aromatic heterocycles. The van der Waals surface area contributed by atoms with Gasteiger partial charge < -0.3 is 5.32 Å². The van der Waals surface area contributed by atoms with Crippen LogP contribution in [0.2, 0.25) is 0 Å². The third-order valence-corrected chi connectivity index (χ3v) is 5.14. The SMILES string of the molecule is Cc1sc2ncn(CCN3CCNCC3)c(=O)c2c1C. The van der Waals surface area contributed by atoms with Gasteiger partial charge >= 0.3 is 0 Å². The van der Waals surface area contributed by atoms with E-state index in [1.165, 1.54) is 4.88 Å². The summed E-state index contributed by atoms with van der Waals surface area (Å²) in [5.41, 5.74) is 1.19. The molecule has 6 heteroatoms. The molecule has 108 valence electrons. The van der Waals surface area contributed by atoms with E-state index in [1.54, 1.807) is 22.2 Å². The summed E-state index contributed by atoms with van der Waals surface area (Å²) in [7, 11) is 0. The Balaban J connectivity index is 1.83. The van der Waals surface area contributed by atoms with Gasteiger partial charge in [0.15, 0.2) is 0 Å². The molecule has 1 fully saturated rings. The number of nitrogens with zero attached hydrogens (tertiary/aromatic N) is 3. The Morgan fingerprint density at radius 2 is 2.05 bits per heavy atom. The molecule has 0 amide bonds. The van der Waals surface area contributed by atoms with Gasteiger partial charge in [-0.25, -0.2) is 4.98 Å². The molecule has 5 nitrogen and oxygen atoms in total. The largest absolute Gasteiger partial charge is 0.314 e. The van der Waals surface area contributed by atoms with Gasteiger partial charge in [0.25, 0.3) is 5.56 Å². The van der Waals surface area contributed by atoms with Gasteiger partial charge in [-0.05, 0) is 19.4 Å². The number of rotatable bonds is 3. The summed E-state index contributed by atoms with van der Waals surface area (Å²) in [5, 5.41) is 4.14. The average Bonchev–Trinajstić information content (AvgIpc) is 2.75. The third-order valence-electron chi connectivity index (χ3n) is 4.02. The maximum atomic E-state index is 12.5. The summed E-state index contributed by atoms with van der Waals surface area (Å²) in [6.07, 6.45) is 1.70. The molecular weight excluding hydrogens is 272 g/mol. The first kappa shape index (κ1) is 13.7. The van der Waals surface area contributed by atoms with Crippen molar-refractivity contribution in [2.24, 2.45) is 0 Å². The van der Waals surface area contributed by atoms with Gasteiger partial charge in [0.05, 0.1) is 11.7 Å².